The monoisotopic (exact) mass is 423 g/mol. The largest absolute Gasteiger partial charge is 0.0999 e. The van der Waals surface area contributed by atoms with Gasteiger partial charge in [0, 0.05) is 25.8 Å². The van der Waals surface area contributed by atoms with Gasteiger partial charge in [-0.05, 0) is 0 Å². The standard InChI is InChI=1S/C19H15.Hf/c1-4-10-16(11-5-1)19(17-12-6-2-7-13-17)18-14-8-3-9-15-18;/h1-15H;/q-1;. The summed E-state index contributed by atoms with van der Waals surface area (Å²) >= 11 is 0. The summed E-state index contributed by atoms with van der Waals surface area (Å²) < 4.78 is 0. The van der Waals surface area contributed by atoms with Crippen LogP contribution in [-0.2, 0) is 25.8 Å². The average molecular weight is 422 g/mol. The summed E-state index contributed by atoms with van der Waals surface area (Å²) in [5.41, 5.74) is 3.75. The van der Waals surface area contributed by atoms with Crippen molar-refractivity contribution in [1.82, 2.24) is 0 Å². The number of hydrogen-bond donors (Lipinski definition) is 0. The van der Waals surface area contributed by atoms with E-state index in [2.05, 4.69) is 91.0 Å². The normalized spacial score (nSPS) is 9.60. The summed E-state index contributed by atoms with van der Waals surface area (Å²) in [5.74, 6) is 1.28. The molecule has 3 rings (SSSR count). The summed E-state index contributed by atoms with van der Waals surface area (Å²) in [6.07, 6.45) is 0. The minimum Gasteiger partial charge on any atom is -0.0999 e. The Balaban J connectivity index is 0.00000147. The molecule has 0 heterocycles. The first-order chi connectivity index (χ1) is 9.45. The van der Waals surface area contributed by atoms with E-state index < -0.39 is 0 Å². The first kappa shape index (κ1) is 14.8. The molecule has 0 unspecified atom stereocenters. The van der Waals surface area contributed by atoms with Crippen LogP contribution < -0.4 is 0 Å². The van der Waals surface area contributed by atoms with Crippen LogP contribution in [0.25, 0.3) is 0 Å². The van der Waals surface area contributed by atoms with Crippen molar-refractivity contribution in [3.8, 4) is 0 Å². The predicted molar refractivity (Wildman–Crippen MR) is 79.9 cm³/mol. The third-order valence-electron chi connectivity index (χ3n) is 3.19. The molecule has 0 atom stereocenters. The molecule has 0 saturated heterocycles. The minimum absolute atomic E-state index is 0. The summed E-state index contributed by atoms with van der Waals surface area (Å²) in [6, 6.07) is 31.6. The van der Waals surface area contributed by atoms with Gasteiger partial charge in [-0.2, -0.15) is 0 Å². The van der Waals surface area contributed by atoms with Gasteiger partial charge in [0.05, 0.1) is 0 Å². The van der Waals surface area contributed by atoms with Crippen LogP contribution in [0, 0.1) is 5.92 Å². The molecule has 3 aromatic rings. The minimum atomic E-state index is 0. The van der Waals surface area contributed by atoms with Crippen LogP contribution in [0.5, 0.6) is 0 Å². The molecule has 0 nitrogen and oxygen atoms in total. The van der Waals surface area contributed by atoms with E-state index in [0.717, 1.165) is 0 Å². The smallest absolute Gasteiger partial charge is 0 e. The second-order valence-electron chi connectivity index (χ2n) is 4.47. The Kier molecular flexibility index (Phi) is 5.37. The van der Waals surface area contributed by atoms with E-state index in [1.54, 1.807) is 0 Å². The first-order valence-corrected chi connectivity index (χ1v) is 6.48. The fourth-order valence-electron chi connectivity index (χ4n) is 2.31. The molecule has 0 aliphatic heterocycles. The van der Waals surface area contributed by atoms with E-state index in [1.165, 1.54) is 22.6 Å². The Morgan fingerprint density at radius 3 is 0.900 bits per heavy atom. The fraction of sp³-hybridized carbons (Fsp3) is 0. The van der Waals surface area contributed by atoms with Crippen molar-refractivity contribution < 1.29 is 25.8 Å². The molecule has 0 N–H and O–H groups in total. The van der Waals surface area contributed by atoms with Crippen LogP contribution in [0.2, 0.25) is 0 Å². The van der Waals surface area contributed by atoms with E-state index in [4.69, 9.17) is 0 Å². The molecule has 0 amide bonds. The molecular formula is C19H15Hf-. The Hall–Kier alpha value is -1.60. The topological polar surface area (TPSA) is 0 Å². The Morgan fingerprint density at radius 1 is 0.400 bits per heavy atom. The van der Waals surface area contributed by atoms with Gasteiger partial charge >= 0.3 is 0 Å². The van der Waals surface area contributed by atoms with Gasteiger partial charge in [0.15, 0.2) is 0 Å². The molecule has 0 fully saturated rings. The zero-order chi connectivity index (χ0) is 12.9. The van der Waals surface area contributed by atoms with Crippen molar-refractivity contribution in [2.75, 3.05) is 0 Å². The molecule has 96 valence electrons. The first-order valence-electron chi connectivity index (χ1n) is 6.48. The van der Waals surface area contributed by atoms with Crippen molar-refractivity contribution in [2.45, 2.75) is 0 Å². The van der Waals surface area contributed by atoms with Gasteiger partial charge in [-0.3, -0.25) is 0 Å². The van der Waals surface area contributed by atoms with Gasteiger partial charge in [0.25, 0.3) is 0 Å². The molecule has 0 aromatic heterocycles. The fourth-order valence-corrected chi connectivity index (χ4v) is 2.31. The zero-order valence-corrected chi connectivity index (χ0v) is 14.8. The quantitative estimate of drug-likeness (QED) is 0.326. The Bertz CT molecular complexity index is 524. The van der Waals surface area contributed by atoms with Crippen LogP contribution in [0.4, 0.5) is 0 Å². The molecule has 0 aliphatic carbocycles. The van der Waals surface area contributed by atoms with Gasteiger partial charge in [0.2, 0.25) is 0 Å². The molecule has 0 radical (unpaired) electrons. The second-order valence-corrected chi connectivity index (χ2v) is 4.47. The van der Waals surface area contributed by atoms with E-state index in [9.17, 15) is 0 Å². The molecule has 20 heavy (non-hydrogen) atoms. The molecule has 3 aromatic carbocycles. The summed E-state index contributed by atoms with van der Waals surface area (Å²) in [4.78, 5) is 0. The van der Waals surface area contributed by atoms with Crippen molar-refractivity contribution >= 4 is 0 Å². The number of rotatable bonds is 3. The third-order valence-corrected chi connectivity index (χ3v) is 3.19. The van der Waals surface area contributed by atoms with Crippen LogP contribution in [-0.4, -0.2) is 0 Å². The third kappa shape index (κ3) is 3.29. The van der Waals surface area contributed by atoms with Crippen molar-refractivity contribution in [3.63, 3.8) is 0 Å². The van der Waals surface area contributed by atoms with Gasteiger partial charge in [-0.1, -0.05) is 114 Å². The van der Waals surface area contributed by atoms with Gasteiger partial charge in [-0.25, -0.2) is 0 Å². The SMILES string of the molecule is [Hf].c1ccc([C-](c2ccccc2)c2ccccc2)cc1. The number of hydrogen-bond acceptors (Lipinski definition) is 0. The predicted octanol–water partition coefficient (Wildman–Crippen LogP) is 4.70. The molecular weight excluding hydrogens is 407 g/mol. The molecule has 1 heteroatoms. The average Bonchev–Trinajstić information content (AvgIpc) is 2.51. The Morgan fingerprint density at radius 2 is 0.650 bits per heavy atom. The maximum Gasteiger partial charge on any atom is 0 e. The van der Waals surface area contributed by atoms with E-state index in [-0.39, 0.29) is 25.8 Å². The molecule has 0 spiro atoms. The second kappa shape index (κ2) is 7.25. The zero-order valence-electron chi connectivity index (χ0n) is 11.2. The van der Waals surface area contributed by atoms with Gasteiger partial charge in [0.1, 0.15) is 0 Å². The molecule has 0 bridgehead atoms. The molecule has 0 saturated carbocycles. The maximum absolute atomic E-state index is 2.16. The van der Waals surface area contributed by atoms with Crippen LogP contribution >= 0.6 is 0 Å². The van der Waals surface area contributed by atoms with Crippen LogP contribution in [0.3, 0.4) is 0 Å². The number of benzene rings is 3. The van der Waals surface area contributed by atoms with Gasteiger partial charge in [-0.15, -0.1) is 0 Å². The maximum atomic E-state index is 2.16. The van der Waals surface area contributed by atoms with E-state index in [1.807, 2.05) is 0 Å². The van der Waals surface area contributed by atoms with Crippen molar-refractivity contribution in [2.24, 2.45) is 0 Å². The summed E-state index contributed by atoms with van der Waals surface area (Å²) in [5, 5.41) is 0. The van der Waals surface area contributed by atoms with Crippen molar-refractivity contribution in [3.05, 3.63) is 114 Å². The summed E-state index contributed by atoms with van der Waals surface area (Å²) in [7, 11) is 0. The van der Waals surface area contributed by atoms with Crippen molar-refractivity contribution in [1.29, 1.82) is 0 Å². The Labute approximate surface area is 139 Å². The van der Waals surface area contributed by atoms with Crippen LogP contribution in [0.15, 0.2) is 91.0 Å². The van der Waals surface area contributed by atoms with E-state index in [0.29, 0.717) is 0 Å². The summed E-state index contributed by atoms with van der Waals surface area (Å²) in [6.45, 7) is 0. The van der Waals surface area contributed by atoms with Gasteiger partial charge < -0.3 is 0 Å². The van der Waals surface area contributed by atoms with E-state index >= 15 is 0 Å². The van der Waals surface area contributed by atoms with Crippen LogP contribution in [0.1, 0.15) is 16.7 Å². The molecule has 0 aliphatic rings.